The topological polar surface area (TPSA) is 12.0 Å². The highest BCUT2D eigenvalue weighted by Crippen LogP contribution is 2.29. The van der Waals surface area contributed by atoms with Crippen molar-refractivity contribution in [2.75, 3.05) is 12.3 Å². The van der Waals surface area contributed by atoms with E-state index in [1.165, 1.54) is 41.9 Å². The van der Waals surface area contributed by atoms with Gasteiger partial charge in [0.25, 0.3) is 0 Å². The molecule has 0 aliphatic rings. The van der Waals surface area contributed by atoms with E-state index in [4.69, 9.17) is 0 Å². The average Bonchev–Trinajstić information content (AvgIpc) is 2.45. The van der Waals surface area contributed by atoms with Crippen LogP contribution in [0.1, 0.15) is 64.5 Å². The maximum absolute atomic E-state index is 3.66. The van der Waals surface area contributed by atoms with Gasteiger partial charge >= 0.3 is 0 Å². The number of rotatable bonds is 10. The van der Waals surface area contributed by atoms with Crippen LogP contribution < -0.4 is 5.32 Å². The normalized spacial score (nSPS) is 12.6. The Morgan fingerprint density at radius 3 is 2.53 bits per heavy atom. The Bertz CT molecular complexity index is 338. The van der Waals surface area contributed by atoms with E-state index in [1.807, 2.05) is 11.8 Å². The highest BCUT2D eigenvalue weighted by molar-refractivity contribution is 7.99. The minimum atomic E-state index is 0.509. The second-order valence-electron chi connectivity index (χ2n) is 5.01. The first-order chi connectivity index (χ1) is 9.33. The molecule has 1 aromatic rings. The van der Waals surface area contributed by atoms with E-state index >= 15 is 0 Å². The smallest absolute Gasteiger partial charge is 0.0328 e. The summed E-state index contributed by atoms with van der Waals surface area (Å²) in [6.45, 7) is 7.87. The van der Waals surface area contributed by atoms with Gasteiger partial charge in [0.05, 0.1) is 0 Å². The van der Waals surface area contributed by atoms with Crippen LogP contribution in [0.5, 0.6) is 0 Å². The zero-order valence-corrected chi connectivity index (χ0v) is 13.6. The van der Waals surface area contributed by atoms with E-state index in [0.717, 1.165) is 13.0 Å². The van der Waals surface area contributed by atoms with Gasteiger partial charge < -0.3 is 5.32 Å². The third-order valence-corrected chi connectivity index (χ3v) is 4.52. The van der Waals surface area contributed by atoms with Gasteiger partial charge in [-0.25, -0.2) is 0 Å². The Kier molecular flexibility index (Phi) is 9.02. The van der Waals surface area contributed by atoms with Crippen molar-refractivity contribution in [2.24, 2.45) is 0 Å². The van der Waals surface area contributed by atoms with Gasteiger partial charge in [0.1, 0.15) is 0 Å². The Hall–Kier alpha value is -0.470. The molecule has 0 saturated carbocycles. The lowest BCUT2D eigenvalue weighted by Gasteiger charge is -2.20. The molecule has 1 unspecified atom stereocenters. The predicted molar refractivity (Wildman–Crippen MR) is 88.0 cm³/mol. The molecule has 1 N–H and O–H groups in total. The van der Waals surface area contributed by atoms with Gasteiger partial charge in [0.2, 0.25) is 0 Å². The summed E-state index contributed by atoms with van der Waals surface area (Å²) < 4.78 is 0. The highest BCUT2D eigenvalue weighted by atomic mass is 32.2. The van der Waals surface area contributed by atoms with E-state index in [0.29, 0.717) is 6.04 Å². The lowest BCUT2D eigenvalue weighted by molar-refractivity contribution is 0.512. The van der Waals surface area contributed by atoms with Crippen molar-refractivity contribution in [1.82, 2.24) is 5.32 Å². The first kappa shape index (κ1) is 16.6. The molecule has 1 aromatic carbocycles. The van der Waals surface area contributed by atoms with Crippen LogP contribution >= 0.6 is 11.8 Å². The second kappa shape index (κ2) is 10.3. The molecule has 0 saturated heterocycles. The summed E-state index contributed by atoms with van der Waals surface area (Å²) in [5, 5.41) is 3.66. The largest absolute Gasteiger partial charge is 0.310 e. The molecule has 1 atom stereocenters. The number of benzene rings is 1. The third kappa shape index (κ3) is 6.01. The zero-order valence-electron chi connectivity index (χ0n) is 12.7. The van der Waals surface area contributed by atoms with Crippen LogP contribution in [0.2, 0.25) is 0 Å². The molecular formula is C17H29NS. The number of nitrogens with one attached hydrogen (secondary N) is 1. The summed E-state index contributed by atoms with van der Waals surface area (Å²) in [4.78, 5) is 1.47. The highest BCUT2D eigenvalue weighted by Gasteiger charge is 2.12. The number of unbranched alkanes of at least 4 members (excludes halogenated alkanes) is 2. The van der Waals surface area contributed by atoms with Gasteiger partial charge in [-0.2, -0.15) is 0 Å². The minimum Gasteiger partial charge on any atom is -0.310 e. The zero-order chi connectivity index (χ0) is 13.9. The molecule has 0 bridgehead atoms. The van der Waals surface area contributed by atoms with Gasteiger partial charge in [0, 0.05) is 10.9 Å². The van der Waals surface area contributed by atoms with Crippen LogP contribution in [0.25, 0.3) is 0 Å². The first-order valence-electron chi connectivity index (χ1n) is 7.78. The van der Waals surface area contributed by atoms with E-state index < -0.39 is 0 Å². The third-order valence-electron chi connectivity index (χ3n) is 3.35. The first-order valence-corrected chi connectivity index (χ1v) is 8.77. The molecule has 108 valence electrons. The number of hydrogen-bond donors (Lipinski definition) is 1. The predicted octanol–water partition coefficient (Wildman–Crippen LogP) is 5.42. The molecule has 1 rings (SSSR count). The standard InChI is InChI=1S/C17H29NS/c1-4-7-10-14-19-17-12-9-8-11-15(17)16(6-3)18-13-5-2/h8-9,11-12,16,18H,4-7,10,13-14H2,1-3H3. The molecule has 2 heteroatoms. The van der Waals surface area contributed by atoms with Crippen LogP contribution in [0, 0.1) is 0 Å². The van der Waals surface area contributed by atoms with Crippen molar-refractivity contribution in [1.29, 1.82) is 0 Å². The molecule has 1 nitrogen and oxygen atoms in total. The summed E-state index contributed by atoms with van der Waals surface area (Å²) in [6.07, 6.45) is 6.34. The molecule has 0 aliphatic heterocycles. The Morgan fingerprint density at radius 1 is 1.05 bits per heavy atom. The van der Waals surface area contributed by atoms with Gasteiger partial charge in [-0.15, -0.1) is 11.8 Å². The lowest BCUT2D eigenvalue weighted by atomic mass is 10.0. The fraction of sp³-hybridized carbons (Fsp3) is 0.647. The van der Waals surface area contributed by atoms with Crippen molar-refractivity contribution in [3.05, 3.63) is 29.8 Å². The number of hydrogen-bond acceptors (Lipinski definition) is 2. The SMILES string of the molecule is CCCCCSc1ccccc1C(CC)NCCC. The van der Waals surface area contributed by atoms with Crippen molar-refractivity contribution in [2.45, 2.75) is 63.8 Å². The van der Waals surface area contributed by atoms with Crippen LogP contribution in [-0.4, -0.2) is 12.3 Å². The van der Waals surface area contributed by atoms with Crippen molar-refractivity contribution in [3.63, 3.8) is 0 Å². The fourth-order valence-electron chi connectivity index (χ4n) is 2.23. The van der Waals surface area contributed by atoms with Crippen LogP contribution in [0.15, 0.2) is 29.2 Å². The van der Waals surface area contributed by atoms with Gasteiger partial charge in [-0.05, 0) is 43.2 Å². The molecule has 19 heavy (non-hydrogen) atoms. The maximum Gasteiger partial charge on any atom is 0.0328 e. The summed E-state index contributed by atoms with van der Waals surface area (Å²) in [7, 11) is 0. The summed E-state index contributed by atoms with van der Waals surface area (Å²) >= 11 is 2.02. The summed E-state index contributed by atoms with van der Waals surface area (Å²) in [5.41, 5.74) is 1.49. The summed E-state index contributed by atoms with van der Waals surface area (Å²) in [5.74, 6) is 1.25. The molecule has 0 spiro atoms. The van der Waals surface area contributed by atoms with Crippen LogP contribution in [0.4, 0.5) is 0 Å². The summed E-state index contributed by atoms with van der Waals surface area (Å²) in [6, 6.07) is 9.41. The second-order valence-corrected chi connectivity index (χ2v) is 6.15. The quantitative estimate of drug-likeness (QED) is 0.453. The van der Waals surface area contributed by atoms with Crippen molar-refractivity contribution >= 4 is 11.8 Å². The van der Waals surface area contributed by atoms with E-state index in [2.05, 4.69) is 50.4 Å². The maximum atomic E-state index is 3.66. The van der Waals surface area contributed by atoms with Crippen LogP contribution in [-0.2, 0) is 0 Å². The molecular weight excluding hydrogens is 250 g/mol. The molecule has 0 radical (unpaired) electrons. The fourth-order valence-corrected chi connectivity index (χ4v) is 3.35. The number of thioether (sulfide) groups is 1. The molecule has 0 heterocycles. The molecule has 0 aromatic heterocycles. The van der Waals surface area contributed by atoms with Crippen molar-refractivity contribution < 1.29 is 0 Å². The Labute approximate surface area is 123 Å². The molecule has 0 aliphatic carbocycles. The molecule has 0 fully saturated rings. The van der Waals surface area contributed by atoms with Gasteiger partial charge in [-0.1, -0.05) is 51.8 Å². The van der Waals surface area contributed by atoms with Crippen molar-refractivity contribution in [3.8, 4) is 0 Å². The Morgan fingerprint density at radius 2 is 1.84 bits per heavy atom. The monoisotopic (exact) mass is 279 g/mol. The van der Waals surface area contributed by atoms with Crippen LogP contribution in [0.3, 0.4) is 0 Å². The minimum absolute atomic E-state index is 0.509. The van der Waals surface area contributed by atoms with E-state index in [1.54, 1.807) is 0 Å². The molecule has 0 amide bonds. The van der Waals surface area contributed by atoms with E-state index in [-0.39, 0.29) is 0 Å². The van der Waals surface area contributed by atoms with Gasteiger partial charge in [0.15, 0.2) is 0 Å². The average molecular weight is 279 g/mol. The van der Waals surface area contributed by atoms with Gasteiger partial charge in [-0.3, -0.25) is 0 Å². The lowest BCUT2D eigenvalue weighted by Crippen LogP contribution is -2.21. The van der Waals surface area contributed by atoms with E-state index in [9.17, 15) is 0 Å². The Balaban J connectivity index is 2.64.